The lowest BCUT2D eigenvalue weighted by Crippen LogP contribution is -1.91. The standard InChI is InChI=1S/C18H10Cl2N4O2S/c19-13-5-14(20)7-15(6-13)22-9-12(8-21)18-23-17(10-27-18)11-1-3-16(4-2-11)24(25)26/h1-7,9-10,22H. The van der Waals surface area contributed by atoms with E-state index in [9.17, 15) is 15.4 Å². The normalized spacial score (nSPS) is 11.1. The highest BCUT2D eigenvalue weighted by Crippen LogP contribution is 2.28. The maximum atomic E-state index is 10.7. The lowest BCUT2D eigenvalue weighted by molar-refractivity contribution is -0.384. The quantitative estimate of drug-likeness (QED) is 0.312. The molecular formula is C18H10Cl2N4O2S. The Kier molecular flexibility index (Phi) is 5.72. The van der Waals surface area contributed by atoms with Crippen molar-refractivity contribution in [2.75, 3.05) is 5.32 Å². The summed E-state index contributed by atoms with van der Waals surface area (Å²) in [6, 6.07) is 13.2. The second-order valence-electron chi connectivity index (χ2n) is 5.31. The Bertz CT molecular complexity index is 1050. The summed E-state index contributed by atoms with van der Waals surface area (Å²) in [6.07, 6.45) is 1.53. The molecule has 0 aliphatic carbocycles. The van der Waals surface area contributed by atoms with E-state index < -0.39 is 4.92 Å². The van der Waals surface area contributed by atoms with Gasteiger partial charge in [-0.1, -0.05) is 23.2 Å². The molecule has 0 radical (unpaired) electrons. The molecule has 134 valence electrons. The lowest BCUT2D eigenvalue weighted by atomic mass is 10.1. The number of non-ortho nitro benzene ring substituents is 1. The first-order chi connectivity index (χ1) is 13.0. The van der Waals surface area contributed by atoms with Gasteiger partial charge in [-0.05, 0) is 30.3 Å². The maximum absolute atomic E-state index is 10.7. The summed E-state index contributed by atoms with van der Waals surface area (Å²) in [5, 5.41) is 26.4. The molecule has 9 heteroatoms. The number of hydrogen-bond donors (Lipinski definition) is 1. The van der Waals surface area contributed by atoms with Gasteiger partial charge >= 0.3 is 0 Å². The van der Waals surface area contributed by atoms with E-state index in [1.807, 2.05) is 0 Å². The Balaban J connectivity index is 1.82. The molecule has 1 heterocycles. The number of nitro benzene ring substituents is 1. The van der Waals surface area contributed by atoms with Gasteiger partial charge in [0.1, 0.15) is 16.6 Å². The number of nitriles is 1. The van der Waals surface area contributed by atoms with E-state index in [4.69, 9.17) is 23.2 Å². The minimum absolute atomic E-state index is 0.0104. The zero-order chi connectivity index (χ0) is 19.4. The van der Waals surface area contributed by atoms with Gasteiger partial charge in [0.25, 0.3) is 5.69 Å². The summed E-state index contributed by atoms with van der Waals surface area (Å²) in [4.78, 5) is 14.7. The summed E-state index contributed by atoms with van der Waals surface area (Å²) in [7, 11) is 0. The molecule has 27 heavy (non-hydrogen) atoms. The largest absolute Gasteiger partial charge is 0.360 e. The Morgan fingerprint density at radius 2 is 1.89 bits per heavy atom. The third kappa shape index (κ3) is 4.63. The van der Waals surface area contributed by atoms with Gasteiger partial charge < -0.3 is 5.32 Å². The molecule has 0 saturated carbocycles. The fraction of sp³-hybridized carbons (Fsp3) is 0. The monoisotopic (exact) mass is 416 g/mol. The van der Waals surface area contributed by atoms with Crippen molar-refractivity contribution in [3.05, 3.63) is 79.2 Å². The first-order valence-corrected chi connectivity index (χ1v) is 9.13. The van der Waals surface area contributed by atoms with Crippen molar-refractivity contribution >= 4 is 51.5 Å². The van der Waals surface area contributed by atoms with Crippen LogP contribution in [0.25, 0.3) is 16.8 Å². The molecule has 0 saturated heterocycles. The Morgan fingerprint density at radius 1 is 1.22 bits per heavy atom. The molecule has 0 bridgehead atoms. The van der Waals surface area contributed by atoms with E-state index in [0.717, 1.165) is 5.56 Å². The summed E-state index contributed by atoms with van der Waals surface area (Å²) in [5.41, 5.74) is 2.36. The minimum atomic E-state index is -0.458. The number of halogens is 2. The van der Waals surface area contributed by atoms with E-state index >= 15 is 0 Å². The van der Waals surface area contributed by atoms with Gasteiger partial charge in [0.05, 0.1) is 10.6 Å². The molecule has 0 atom stereocenters. The number of hydrogen-bond acceptors (Lipinski definition) is 6. The Hall–Kier alpha value is -2.92. The second kappa shape index (κ2) is 8.18. The molecule has 0 fully saturated rings. The lowest BCUT2D eigenvalue weighted by Gasteiger charge is -2.03. The summed E-state index contributed by atoms with van der Waals surface area (Å²) in [6.45, 7) is 0. The maximum Gasteiger partial charge on any atom is 0.269 e. The van der Waals surface area contributed by atoms with Gasteiger partial charge in [0.2, 0.25) is 0 Å². The highest BCUT2D eigenvalue weighted by atomic mass is 35.5. The van der Waals surface area contributed by atoms with E-state index in [2.05, 4.69) is 16.4 Å². The van der Waals surface area contributed by atoms with Gasteiger partial charge in [0.15, 0.2) is 0 Å². The van der Waals surface area contributed by atoms with Crippen molar-refractivity contribution in [2.24, 2.45) is 0 Å². The Labute approximate surface area is 168 Å². The fourth-order valence-corrected chi connectivity index (χ4v) is 3.54. The number of anilines is 1. The third-order valence-corrected chi connectivity index (χ3v) is 4.79. The second-order valence-corrected chi connectivity index (χ2v) is 7.05. The number of allylic oxidation sites excluding steroid dienone is 1. The van der Waals surface area contributed by atoms with Crippen LogP contribution < -0.4 is 5.32 Å². The molecule has 0 spiro atoms. The fourth-order valence-electron chi connectivity index (χ4n) is 2.22. The molecule has 1 aromatic heterocycles. The van der Waals surface area contributed by atoms with Crippen LogP contribution in [0.3, 0.4) is 0 Å². The predicted molar refractivity (Wildman–Crippen MR) is 108 cm³/mol. The van der Waals surface area contributed by atoms with E-state index in [1.54, 1.807) is 35.7 Å². The molecule has 0 aliphatic rings. The van der Waals surface area contributed by atoms with E-state index in [0.29, 0.717) is 32.0 Å². The van der Waals surface area contributed by atoms with Crippen molar-refractivity contribution in [2.45, 2.75) is 0 Å². The van der Waals surface area contributed by atoms with Gasteiger partial charge in [-0.15, -0.1) is 11.3 Å². The predicted octanol–water partition coefficient (Wildman–Crippen LogP) is 6.00. The summed E-state index contributed by atoms with van der Waals surface area (Å²) < 4.78 is 0. The molecular weight excluding hydrogens is 407 g/mol. The van der Waals surface area contributed by atoms with Crippen molar-refractivity contribution in [3.63, 3.8) is 0 Å². The van der Waals surface area contributed by atoms with E-state index in [1.165, 1.54) is 29.7 Å². The number of rotatable bonds is 5. The number of aromatic nitrogens is 1. The number of nitrogens with one attached hydrogen (secondary N) is 1. The molecule has 0 amide bonds. The van der Waals surface area contributed by atoms with Crippen molar-refractivity contribution in [1.29, 1.82) is 5.26 Å². The smallest absolute Gasteiger partial charge is 0.269 e. The molecule has 3 rings (SSSR count). The first kappa shape index (κ1) is 18.9. The summed E-state index contributed by atoms with van der Waals surface area (Å²) >= 11 is 13.2. The van der Waals surface area contributed by atoms with Crippen LogP contribution in [0.5, 0.6) is 0 Å². The SMILES string of the molecule is N#CC(=CNc1cc(Cl)cc(Cl)c1)c1nc(-c2ccc([N+](=O)[O-])cc2)cs1. The number of benzene rings is 2. The summed E-state index contributed by atoms with van der Waals surface area (Å²) in [5.74, 6) is 0. The van der Waals surface area contributed by atoms with Crippen molar-refractivity contribution in [3.8, 4) is 17.3 Å². The van der Waals surface area contributed by atoms with Crippen LogP contribution >= 0.6 is 34.5 Å². The van der Waals surface area contributed by atoms with Crippen LogP contribution in [0.15, 0.2) is 54.0 Å². The average Bonchev–Trinajstić information content (AvgIpc) is 3.11. The number of thiazole rings is 1. The van der Waals surface area contributed by atoms with E-state index in [-0.39, 0.29) is 5.69 Å². The van der Waals surface area contributed by atoms with Crippen LogP contribution in [0.4, 0.5) is 11.4 Å². The van der Waals surface area contributed by atoms with Gasteiger partial charge in [-0.3, -0.25) is 10.1 Å². The van der Waals surface area contributed by atoms with Crippen LogP contribution in [0.2, 0.25) is 10.0 Å². The Morgan fingerprint density at radius 3 is 2.48 bits per heavy atom. The van der Waals surface area contributed by atoms with Gasteiger partial charge in [0, 0.05) is 45.0 Å². The van der Waals surface area contributed by atoms with Crippen molar-refractivity contribution in [1.82, 2.24) is 4.98 Å². The topological polar surface area (TPSA) is 91.8 Å². The van der Waals surface area contributed by atoms with Crippen LogP contribution in [0, 0.1) is 21.4 Å². The van der Waals surface area contributed by atoms with Crippen LogP contribution in [0.1, 0.15) is 5.01 Å². The molecule has 3 aromatic rings. The number of nitro groups is 1. The first-order valence-electron chi connectivity index (χ1n) is 7.50. The molecule has 0 aliphatic heterocycles. The van der Waals surface area contributed by atoms with Gasteiger partial charge in [-0.25, -0.2) is 4.98 Å². The van der Waals surface area contributed by atoms with Crippen molar-refractivity contribution < 1.29 is 4.92 Å². The highest BCUT2D eigenvalue weighted by Gasteiger charge is 2.11. The average molecular weight is 417 g/mol. The molecule has 2 aromatic carbocycles. The zero-order valence-electron chi connectivity index (χ0n) is 13.5. The van der Waals surface area contributed by atoms with Gasteiger partial charge in [-0.2, -0.15) is 5.26 Å². The van der Waals surface area contributed by atoms with Crippen LogP contribution in [-0.4, -0.2) is 9.91 Å². The molecule has 1 N–H and O–H groups in total. The molecule has 6 nitrogen and oxygen atoms in total. The third-order valence-electron chi connectivity index (χ3n) is 3.47. The van der Waals surface area contributed by atoms with Crippen LogP contribution in [-0.2, 0) is 0 Å². The highest BCUT2D eigenvalue weighted by molar-refractivity contribution is 7.11. The zero-order valence-corrected chi connectivity index (χ0v) is 15.8. The molecule has 0 unspecified atom stereocenters. The number of nitrogens with zero attached hydrogens (tertiary/aromatic N) is 3. The minimum Gasteiger partial charge on any atom is -0.360 e.